The van der Waals surface area contributed by atoms with Crippen molar-refractivity contribution >= 4 is 79.5 Å². The van der Waals surface area contributed by atoms with E-state index in [0.717, 1.165) is 10.2 Å². The molecule has 0 saturated heterocycles. The van der Waals surface area contributed by atoms with E-state index in [1.807, 2.05) is 18.2 Å². The maximum atomic E-state index is 14.6. The van der Waals surface area contributed by atoms with Gasteiger partial charge in [-0.1, -0.05) is 53.3 Å². The third kappa shape index (κ3) is 8.07. The zero-order chi connectivity index (χ0) is 31.9. The Labute approximate surface area is 271 Å². The van der Waals surface area contributed by atoms with Crippen LogP contribution in [0.15, 0.2) is 102 Å². The van der Waals surface area contributed by atoms with Gasteiger partial charge in [-0.2, -0.15) is 0 Å². The molecule has 0 aliphatic carbocycles. The number of hydrogen-bond donors (Lipinski definition) is 3. The Hall–Kier alpha value is -4.71. The molecule has 5 aromatic rings. The number of carbonyl (C=O) groups is 3. The number of thioether (sulfide) groups is 1. The van der Waals surface area contributed by atoms with Crippen LogP contribution >= 0.6 is 34.7 Å². The number of nitrogens with one attached hydrogen (secondary N) is 3. The van der Waals surface area contributed by atoms with Crippen LogP contribution in [0.3, 0.4) is 0 Å². The Morgan fingerprint density at radius 3 is 2.51 bits per heavy atom. The van der Waals surface area contributed by atoms with Gasteiger partial charge in [-0.15, -0.1) is 11.8 Å². The van der Waals surface area contributed by atoms with E-state index in [2.05, 4.69) is 20.9 Å². The minimum absolute atomic E-state index is 0.0471. The first-order chi connectivity index (χ1) is 21.7. The van der Waals surface area contributed by atoms with Crippen molar-refractivity contribution in [1.82, 2.24) is 10.3 Å². The second-order valence-electron chi connectivity index (χ2n) is 9.60. The monoisotopic (exact) mass is 660 g/mol. The SMILES string of the molecule is COc1ccc2nc(NC(=O)C(C)Sc3cccc(NC(=O)/C(=C\c4c(F)cccc4Cl)NC(=O)c4ccccc4)c3)sc2c1. The Balaban J connectivity index is 1.29. The van der Waals surface area contributed by atoms with Gasteiger partial charge in [-0.05, 0) is 73.7 Å². The van der Waals surface area contributed by atoms with Gasteiger partial charge >= 0.3 is 0 Å². The lowest BCUT2D eigenvalue weighted by Crippen LogP contribution is -2.30. The van der Waals surface area contributed by atoms with E-state index < -0.39 is 22.9 Å². The summed E-state index contributed by atoms with van der Waals surface area (Å²) >= 11 is 8.84. The Kier molecular flexibility index (Phi) is 10.1. The topological polar surface area (TPSA) is 109 Å². The minimum atomic E-state index is -0.695. The number of anilines is 2. The normalized spacial score (nSPS) is 12.0. The lowest BCUT2D eigenvalue weighted by molar-refractivity contribution is -0.115. The summed E-state index contributed by atoms with van der Waals surface area (Å²) in [7, 11) is 1.59. The minimum Gasteiger partial charge on any atom is -0.497 e. The number of amides is 3. The summed E-state index contributed by atoms with van der Waals surface area (Å²) in [6.07, 6.45) is 1.19. The van der Waals surface area contributed by atoms with Crippen LogP contribution in [-0.4, -0.2) is 35.1 Å². The highest BCUT2D eigenvalue weighted by Crippen LogP contribution is 2.31. The molecular formula is C33H26ClFN4O4S2. The number of rotatable bonds is 10. The van der Waals surface area contributed by atoms with Crippen molar-refractivity contribution in [1.29, 1.82) is 0 Å². The van der Waals surface area contributed by atoms with Crippen molar-refractivity contribution in [2.45, 2.75) is 17.1 Å². The quantitative estimate of drug-likeness (QED) is 0.105. The number of fused-ring (bicyclic) bond motifs is 1. The number of thiazole rings is 1. The van der Waals surface area contributed by atoms with Gasteiger partial charge in [0.15, 0.2) is 5.13 Å². The molecule has 4 aromatic carbocycles. The number of hydrogen-bond acceptors (Lipinski definition) is 7. The predicted molar refractivity (Wildman–Crippen MR) is 178 cm³/mol. The van der Waals surface area contributed by atoms with Crippen LogP contribution in [0.5, 0.6) is 5.75 Å². The molecule has 0 fully saturated rings. The summed E-state index contributed by atoms with van der Waals surface area (Å²) in [4.78, 5) is 44.5. The second kappa shape index (κ2) is 14.4. The van der Waals surface area contributed by atoms with Crippen molar-refractivity contribution in [3.05, 3.63) is 119 Å². The average molecular weight is 661 g/mol. The Morgan fingerprint density at radius 1 is 0.978 bits per heavy atom. The first kappa shape index (κ1) is 31.7. The third-order valence-corrected chi connectivity index (χ3v) is 8.77. The fraction of sp³-hybridized carbons (Fsp3) is 0.0909. The van der Waals surface area contributed by atoms with Crippen molar-refractivity contribution < 1.29 is 23.5 Å². The molecule has 12 heteroatoms. The molecule has 0 spiro atoms. The summed E-state index contributed by atoms with van der Waals surface area (Å²) in [6, 6.07) is 24.8. The average Bonchev–Trinajstić information content (AvgIpc) is 3.44. The summed E-state index contributed by atoms with van der Waals surface area (Å²) in [5.74, 6) is -1.44. The van der Waals surface area contributed by atoms with E-state index in [4.69, 9.17) is 16.3 Å². The number of methoxy groups -OCH3 is 1. The zero-order valence-corrected chi connectivity index (χ0v) is 26.4. The summed E-state index contributed by atoms with van der Waals surface area (Å²) in [5.41, 5.74) is 1.21. The van der Waals surface area contributed by atoms with Crippen molar-refractivity contribution in [3.63, 3.8) is 0 Å². The first-order valence-electron chi connectivity index (χ1n) is 13.6. The molecule has 5 rings (SSSR count). The maximum absolute atomic E-state index is 14.6. The van der Waals surface area contributed by atoms with Crippen molar-refractivity contribution in [3.8, 4) is 5.75 Å². The smallest absolute Gasteiger partial charge is 0.272 e. The molecule has 1 atom stereocenters. The van der Waals surface area contributed by atoms with Crippen LogP contribution in [-0.2, 0) is 9.59 Å². The van der Waals surface area contributed by atoms with Crippen LogP contribution in [0.4, 0.5) is 15.2 Å². The predicted octanol–water partition coefficient (Wildman–Crippen LogP) is 7.63. The van der Waals surface area contributed by atoms with Crippen LogP contribution in [0.2, 0.25) is 5.02 Å². The van der Waals surface area contributed by atoms with Gasteiger partial charge in [0.05, 0.1) is 27.6 Å². The molecule has 3 N–H and O–H groups in total. The lowest BCUT2D eigenvalue weighted by Gasteiger charge is -2.14. The highest BCUT2D eigenvalue weighted by molar-refractivity contribution is 8.00. The second-order valence-corrected chi connectivity index (χ2v) is 12.4. The molecule has 228 valence electrons. The van der Waals surface area contributed by atoms with E-state index in [-0.39, 0.29) is 22.2 Å². The van der Waals surface area contributed by atoms with Gasteiger partial charge < -0.3 is 20.7 Å². The molecule has 3 amide bonds. The fourth-order valence-electron chi connectivity index (χ4n) is 4.13. The summed E-state index contributed by atoms with van der Waals surface area (Å²) in [5, 5.41) is 8.23. The van der Waals surface area contributed by atoms with E-state index in [9.17, 15) is 18.8 Å². The highest BCUT2D eigenvalue weighted by Gasteiger charge is 2.19. The largest absolute Gasteiger partial charge is 0.497 e. The molecule has 0 aliphatic rings. The van der Waals surface area contributed by atoms with Crippen LogP contribution in [0.1, 0.15) is 22.8 Å². The molecule has 1 aromatic heterocycles. The van der Waals surface area contributed by atoms with Gasteiger partial charge in [0.2, 0.25) is 5.91 Å². The van der Waals surface area contributed by atoms with Gasteiger partial charge in [0, 0.05) is 21.7 Å². The zero-order valence-electron chi connectivity index (χ0n) is 24.0. The molecule has 1 unspecified atom stereocenters. The molecule has 0 radical (unpaired) electrons. The molecule has 0 aliphatic heterocycles. The number of benzene rings is 4. The standard InChI is InChI=1S/C33H26ClFN4O4S2/c1-19(30(40)39-33-38-27-15-14-22(43-2)17-29(27)45-33)44-23-11-6-10-21(16-23)36-32(42)28(18-24-25(34)12-7-13-26(24)35)37-31(41)20-8-4-3-5-9-20/h3-19H,1-2H3,(H,36,42)(H,37,41)(H,38,39,40)/b28-18+. The van der Waals surface area contributed by atoms with Gasteiger partial charge in [-0.3, -0.25) is 14.4 Å². The van der Waals surface area contributed by atoms with E-state index >= 15 is 0 Å². The number of carbonyl (C=O) groups excluding carboxylic acids is 3. The number of nitrogens with zero attached hydrogens (tertiary/aromatic N) is 1. The summed E-state index contributed by atoms with van der Waals surface area (Å²) < 4.78 is 20.7. The number of ether oxygens (including phenoxy) is 1. The van der Waals surface area contributed by atoms with E-state index in [1.165, 1.54) is 47.4 Å². The molecule has 8 nitrogen and oxygen atoms in total. The first-order valence-corrected chi connectivity index (χ1v) is 15.6. The molecular weight excluding hydrogens is 635 g/mol. The maximum Gasteiger partial charge on any atom is 0.272 e. The molecule has 45 heavy (non-hydrogen) atoms. The lowest BCUT2D eigenvalue weighted by atomic mass is 10.1. The van der Waals surface area contributed by atoms with E-state index in [1.54, 1.807) is 68.6 Å². The van der Waals surface area contributed by atoms with Gasteiger partial charge in [-0.25, -0.2) is 9.37 Å². The molecule has 0 saturated carbocycles. The number of halogens is 2. The fourth-order valence-corrected chi connectivity index (χ4v) is 6.17. The van der Waals surface area contributed by atoms with Crippen LogP contribution in [0.25, 0.3) is 16.3 Å². The highest BCUT2D eigenvalue weighted by atomic mass is 35.5. The van der Waals surface area contributed by atoms with Crippen molar-refractivity contribution in [2.75, 3.05) is 17.7 Å². The Bertz CT molecular complexity index is 1900. The molecule has 0 bridgehead atoms. The third-order valence-electron chi connectivity index (χ3n) is 6.42. The van der Waals surface area contributed by atoms with Crippen LogP contribution < -0.4 is 20.7 Å². The van der Waals surface area contributed by atoms with Gasteiger partial charge in [0.25, 0.3) is 11.8 Å². The van der Waals surface area contributed by atoms with E-state index in [0.29, 0.717) is 27.0 Å². The Morgan fingerprint density at radius 2 is 1.76 bits per heavy atom. The van der Waals surface area contributed by atoms with Crippen LogP contribution in [0, 0.1) is 5.82 Å². The number of aromatic nitrogens is 1. The summed E-state index contributed by atoms with van der Waals surface area (Å²) in [6.45, 7) is 1.76. The van der Waals surface area contributed by atoms with Gasteiger partial charge in [0.1, 0.15) is 17.3 Å². The molecule has 1 heterocycles. The van der Waals surface area contributed by atoms with Crippen molar-refractivity contribution in [2.24, 2.45) is 0 Å².